The smallest absolute Gasteiger partial charge is 0.306 e. The van der Waals surface area contributed by atoms with Gasteiger partial charge in [-0.1, -0.05) is 285 Å². The number of unbranched alkanes of at least 4 members (excludes halogenated alkanes) is 37. The van der Waals surface area contributed by atoms with E-state index in [0.29, 0.717) is 19.3 Å². The number of esters is 3. The second-order valence-corrected chi connectivity index (χ2v) is 20.9. The van der Waals surface area contributed by atoms with Crippen LogP contribution in [0.1, 0.15) is 324 Å². The van der Waals surface area contributed by atoms with Gasteiger partial charge in [0.1, 0.15) is 13.2 Å². The second kappa shape index (κ2) is 50.8. The van der Waals surface area contributed by atoms with E-state index in [-0.39, 0.29) is 31.1 Å². The van der Waals surface area contributed by atoms with Crippen molar-refractivity contribution in [3.8, 4) is 0 Å². The van der Waals surface area contributed by atoms with Gasteiger partial charge in [-0.25, -0.2) is 0 Å². The summed E-state index contributed by atoms with van der Waals surface area (Å²) < 4.78 is 16.9. The molecule has 0 saturated carbocycles. The molecule has 380 valence electrons. The Bertz CT molecular complexity index is 978. The summed E-state index contributed by atoms with van der Waals surface area (Å²) in [4.78, 5) is 38.1. The zero-order valence-corrected chi connectivity index (χ0v) is 43.9. The fourth-order valence-corrected chi connectivity index (χ4v) is 8.87. The molecule has 0 amide bonds. The van der Waals surface area contributed by atoms with Crippen molar-refractivity contribution >= 4 is 17.9 Å². The summed E-state index contributed by atoms with van der Waals surface area (Å²) in [5, 5.41) is 0. The molecule has 0 unspecified atom stereocenters. The van der Waals surface area contributed by atoms with Gasteiger partial charge in [0.05, 0.1) is 0 Å². The first-order valence-corrected chi connectivity index (χ1v) is 28.7. The topological polar surface area (TPSA) is 78.9 Å². The van der Waals surface area contributed by atoms with E-state index in [2.05, 4.69) is 34.6 Å². The van der Waals surface area contributed by atoms with E-state index in [4.69, 9.17) is 14.2 Å². The van der Waals surface area contributed by atoms with Crippen LogP contribution in [0.4, 0.5) is 0 Å². The predicted octanol–water partition coefficient (Wildman–Crippen LogP) is 18.9. The van der Waals surface area contributed by atoms with Crippen molar-refractivity contribution in [3.05, 3.63) is 0 Å². The molecule has 0 fully saturated rings. The fourth-order valence-electron chi connectivity index (χ4n) is 8.87. The lowest BCUT2D eigenvalue weighted by Crippen LogP contribution is -2.30. The quantitative estimate of drug-likeness (QED) is 0.0344. The third-order valence-corrected chi connectivity index (χ3v) is 13.2. The van der Waals surface area contributed by atoms with Gasteiger partial charge in [-0.05, 0) is 31.1 Å². The summed E-state index contributed by atoms with van der Waals surface area (Å²) in [5.74, 6) is 0.815. The molecule has 0 heterocycles. The molecular weight excluding hydrogens is 793 g/mol. The van der Waals surface area contributed by atoms with Gasteiger partial charge >= 0.3 is 17.9 Å². The molecule has 0 aliphatic rings. The second-order valence-electron chi connectivity index (χ2n) is 20.9. The van der Waals surface area contributed by atoms with Gasteiger partial charge in [-0.3, -0.25) is 14.4 Å². The number of hydrogen-bond acceptors (Lipinski definition) is 6. The van der Waals surface area contributed by atoms with Crippen LogP contribution in [-0.2, 0) is 28.6 Å². The van der Waals surface area contributed by atoms with Crippen LogP contribution in [-0.4, -0.2) is 37.2 Å². The largest absolute Gasteiger partial charge is 0.462 e. The summed E-state index contributed by atoms with van der Waals surface area (Å²) in [7, 11) is 0. The highest BCUT2D eigenvalue weighted by molar-refractivity contribution is 5.71. The van der Waals surface area contributed by atoms with Crippen LogP contribution in [0.5, 0.6) is 0 Å². The number of ether oxygens (including phenoxy) is 3. The van der Waals surface area contributed by atoms with E-state index < -0.39 is 6.10 Å². The number of rotatable bonds is 52. The molecule has 6 nitrogen and oxygen atoms in total. The number of hydrogen-bond donors (Lipinski definition) is 0. The predicted molar refractivity (Wildman–Crippen MR) is 275 cm³/mol. The Morgan fingerprint density at radius 1 is 0.297 bits per heavy atom. The molecule has 0 aromatic heterocycles. The average Bonchev–Trinajstić information content (AvgIpc) is 3.27. The van der Waals surface area contributed by atoms with Crippen LogP contribution in [0.2, 0.25) is 0 Å². The van der Waals surface area contributed by atoms with E-state index in [0.717, 1.165) is 69.6 Å². The summed E-state index contributed by atoms with van der Waals surface area (Å²) in [6, 6.07) is 0. The van der Waals surface area contributed by atoms with E-state index in [1.807, 2.05) is 0 Å². The third-order valence-electron chi connectivity index (χ3n) is 13.2. The Morgan fingerprint density at radius 3 is 0.766 bits per heavy atom. The molecule has 6 heteroatoms. The minimum absolute atomic E-state index is 0.0629. The Balaban J connectivity index is 4.28. The maximum Gasteiger partial charge on any atom is 0.306 e. The zero-order valence-electron chi connectivity index (χ0n) is 43.9. The standard InChI is InChI=1S/C58H112O6/c1-6-7-8-9-10-11-12-13-14-15-16-19-22-28-33-38-43-48-56(59)62-51-55(64-58(61)50-45-40-35-30-25-24-27-32-37-42-47-54(4)5)52-63-57(60)49-44-39-34-29-23-20-17-18-21-26-31-36-41-46-53(2)3/h53-55H,6-52H2,1-5H3/t55-/m1/s1. The van der Waals surface area contributed by atoms with E-state index in [1.165, 1.54) is 212 Å². The van der Waals surface area contributed by atoms with Crippen molar-refractivity contribution in [1.29, 1.82) is 0 Å². The molecule has 0 spiro atoms. The van der Waals surface area contributed by atoms with Crippen LogP contribution >= 0.6 is 0 Å². The first kappa shape index (κ1) is 62.4. The van der Waals surface area contributed by atoms with Crippen LogP contribution in [0.15, 0.2) is 0 Å². The monoisotopic (exact) mass is 905 g/mol. The van der Waals surface area contributed by atoms with Crippen LogP contribution in [0, 0.1) is 11.8 Å². The number of carbonyl (C=O) groups is 3. The molecule has 0 aromatic carbocycles. The molecule has 0 bridgehead atoms. The molecule has 64 heavy (non-hydrogen) atoms. The normalized spacial score (nSPS) is 12.0. The molecule has 0 aliphatic heterocycles. The molecule has 0 saturated heterocycles. The average molecular weight is 906 g/mol. The van der Waals surface area contributed by atoms with Gasteiger partial charge < -0.3 is 14.2 Å². The minimum Gasteiger partial charge on any atom is -0.462 e. The van der Waals surface area contributed by atoms with Gasteiger partial charge in [0, 0.05) is 19.3 Å². The molecular formula is C58H112O6. The molecule has 0 N–H and O–H groups in total. The third kappa shape index (κ3) is 51.4. The van der Waals surface area contributed by atoms with E-state index in [9.17, 15) is 14.4 Å². The highest BCUT2D eigenvalue weighted by atomic mass is 16.6. The summed E-state index contributed by atoms with van der Waals surface area (Å²) >= 11 is 0. The highest BCUT2D eigenvalue weighted by Crippen LogP contribution is 2.18. The van der Waals surface area contributed by atoms with E-state index in [1.54, 1.807) is 0 Å². The fraction of sp³-hybridized carbons (Fsp3) is 0.948. The van der Waals surface area contributed by atoms with Crippen LogP contribution < -0.4 is 0 Å². The lowest BCUT2D eigenvalue weighted by Gasteiger charge is -2.18. The van der Waals surface area contributed by atoms with E-state index >= 15 is 0 Å². The molecule has 1 atom stereocenters. The Labute approximate surface area is 399 Å². The van der Waals surface area contributed by atoms with Crippen molar-refractivity contribution in [1.82, 2.24) is 0 Å². The van der Waals surface area contributed by atoms with Gasteiger partial charge in [0.2, 0.25) is 0 Å². The van der Waals surface area contributed by atoms with Crippen molar-refractivity contribution in [3.63, 3.8) is 0 Å². The summed E-state index contributed by atoms with van der Waals surface area (Å²) in [6.07, 6.45) is 53.8. The van der Waals surface area contributed by atoms with Crippen molar-refractivity contribution in [2.45, 2.75) is 330 Å². The van der Waals surface area contributed by atoms with Crippen LogP contribution in [0.25, 0.3) is 0 Å². The SMILES string of the molecule is CCCCCCCCCCCCCCCCCCCC(=O)OC[C@H](COC(=O)CCCCCCCCCCCCCCCC(C)C)OC(=O)CCCCCCCCCCCCC(C)C. The molecule has 0 radical (unpaired) electrons. The maximum atomic E-state index is 12.8. The number of carbonyl (C=O) groups excluding carboxylic acids is 3. The molecule has 0 aliphatic carbocycles. The highest BCUT2D eigenvalue weighted by Gasteiger charge is 2.19. The lowest BCUT2D eigenvalue weighted by molar-refractivity contribution is -0.167. The van der Waals surface area contributed by atoms with Gasteiger partial charge in [-0.15, -0.1) is 0 Å². The van der Waals surface area contributed by atoms with Gasteiger partial charge in [-0.2, -0.15) is 0 Å². The zero-order chi connectivity index (χ0) is 46.8. The maximum absolute atomic E-state index is 12.8. The first-order chi connectivity index (χ1) is 31.2. The molecule has 0 aromatic rings. The minimum atomic E-state index is -0.763. The van der Waals surface area contributed by atoms with Crippen molar-refractivity contribution < 1.29 is 28.6 Å². The van der Waals surface area contributed by atoms with Crippen molar-refractivity contribution in [2.75, 3.05) is 13.2 Å². The Hall–Kier alpha value is -1.59. The summed E-state index contributed by atoms with van der Waals surface area (Å²) in [6.45, 7) is 11.4. The Morgan fingerprint density at radius 2 is 0.516 bits per heavy atom. The summed E-state index contributed by atoms with van der Waals surface area (Å²) in [5.41, 5.74) is 0. The molecule has 0 rings (SSSR count). The lowest BCUT2D eigenvalue weighted by atomic mass is 10.0. The first-order valence-electron chi connectivity index (χ1n) is 28.7. The van der Waals surface area contributed by atoms with Gasteiger partial charge in [0.15, 0.2) is 6.10 Å². The van der Waals surface area contributed by atoms with Crippen LogP contribution in [0.3, 0.4) is 0 Å². The Kier molecular flexibility index (Phi) is 49.6. The van der Waals surface area contributed by atoms with Crippen molar-refractivity contribution in [2.24, 2.45) is 11.8 Å². The van der Waals surface area contributed by atoms with Gasteiger partial charge in [0.25, 0.3) is 0 Å².